The molecule has 4 fully saturated rings. The molecule has 0 radical (unpaired) electrons. The van der Waals surface area contributed by atoms with Crippen LogP contribution in [-0.2, 0) is 11.3 Å². The number of benzene rings is 1. The Morgan fingerprint density at radius 3 is 2.25 bits per heavy atom. The third-order valence-corrected chi connectivity index (χ3v) is 7.38. The van der Waals surface area contributed by atoms with Crippen molar-refractivity contribution in [3.63, 3.8) is 0 Å². The molecule has 4 bridgehead atoms. The van der Waals surface area contributed by atoms with Crippen molar-refractivity contribution < 1.29 is 9.59 Å². The molecule has 2 N–H and O–H groups in total. The summed E-state index contributed by atoms with van der Waals surface area (Å²) < 4.78 is 0. The quantitative estimate of drug-likeness (QED) is 0.816. The van der Waals surface area contributed by atoms with Gasteiger partial charge in [-0.3, -0.25) is 15.0 Å². The second-order valence-electron chi connectivity index (χ2n) is 9.66. The van der Waals surface area contributed by atoms with E-state index in [-0.39, 0.29) is 23.5 Å². The number of rotatable bonds is 5. The van der Waals surface area contributed by atoms with Gasteiger partial charge in [0.2, 0.25) is 5.91 Å². The van der Waals surface area contributed by atoms with Crippen LogP contribution in [0.4, 0.5) is 4.79 Å². The molecule has 5 heteroatoms. The molecular formula is C23H33N3O2. The fourth-order valence-electron chi connectivity index (χ4n) is 6.15. The summed E-state index contributed by atoms with van der Waals surface area (Å²) in [6, 6.07) is 7.50. The number of imide groups is 1. The third kappa shape index (κ3) is 3.95. The Hall–Kier alpha value is -1.88. The summed E-state index contributed by atoms with van der Waals surface area (Å²) in [6.45, 7) is 4.61. The van der Waals surface area contributed by atoms with Gasteiger partial charge in [0.25, 0.3) is 0 Å². The fourth-order valence-corrected chi connectivity index (χ4v) is 6.15. The Balaban J connectivity index is 1.31. The van der Waals surface area contributed by atoms with Crippen LogP contribution in [0.5, 0.6) is 0 Å². The first-order valence-corrected chi connectivity index (χ1v) is 10.7. The standard InChI is InChI=1S/C23H33N3O2/c1-15-6-4-5-7-20(15)14-26(3)16(2)21(27)24-22(28)25-23-11-17-8-18(12-23)10-19(9-17)13-23/h4-7,16-19H,8-14H2,1-3H3,(H2,24,25,27,28). The van der Waals surface area contributed by atoms with Crippen LogP contribution in [0.1, 0.15) is 56.6 Å². The highest BCUT2D eigenvalue weighted by molar-refractivity contribution is 5.97. The number of nitrogens with one attached hydrogen (secondary N) is 2. The van der Waals surface area contributed by atoms with Gasteiger partial charge in [0.05, 0.1) is 6.04 Å². The van der Waals surface area contributed by atoms with Gasteiger partial charge in [0, 0.05) is 12.1 Å². The van der Waals surface area contributed by atoms with Gasteiger partial charge in [0.1, 0.15) is 0 Å². The second-order valence-corrected chi connectivity index (χ2v) is 9.66. The van der Waals surface area contributed by atoms with E-state index in [0.717, 1.165) is 37.0 Å². The topological polar surface area (TPSA) is 61.4 Å². The van der Waals surface area contributed by atoms with Crippen LogP contribution in [0.25, 0.3) is 0 Å². The normalized spacial score (nSPS) is 31.6. The highest BCUT2D eigenvalue weighted by Crippen LogP contribution is 2.55. The molecule has 0 aromatic heterocycles. The maximum absolute atomic E-state index is 12.6. The molecule has 5 rings (SSSR count). The first-order chi connectivity index (χ1) is 13.3. The van der Waals surface area contributed by atoms with Crippen LogP contribution in [-0.4, -0.2) is 35.5 Å². The number of hydrogen-bond donors (Lipinski definition) is 2. The summed E-state index contributed by atoms with van der Waals surface area (Å²) in [7, 11) is 1.92. The summed E-state index contributed by atoms with van der Waals surface area (Å²) in [6.07, 6.45) is 7.27. The van der Waals surface area contributed by atoms with Gasteiger partial charge in [-0.15, -0.1) is 0 Å². The summed E-state index contributed by atoms with van der Waals surface area (Å²) in [5, 5.41) is 5.82. The van der Waals surface area contributed by atoms with Crippen LogP contribution in [0.3, 0.4) is 0 Å². The molecule has 5 nitrogen and oxygen atoms in total. The average Bonchev–Trinajstić information content (AvgIpc) is 2.61. The minimum atomic E-state index is -0.373. The molecule has 1 unspecified atom stereocenters. The zero-order valence-corrected chi connectivity index (χ0v) is 17.3. The van der Waals surface area contributed by atoms with Crippen molar-refractivity contribution in [2.45, 2.75) is 70.5 Å². The predicted octanol–water partition coefficient (Wildman–Crippen LogP) is 3.61. The minimum absolute atomic E-state index is 0.0740. The monoisotopic (exact) mass is 383 g/mol. The van der Waals surface area contributed by atoms with Crippen molar-refractivity contribution in [2.24, 2.45) is 17.8 Å². The Labute approximate surface area is 168 Å². The van der Waals surface area contributed by atoms with E-state index >= 15 is 0 Å². The summed E-state index contributed by atoms with van der Waals surface area (Å²) >= 11 is 0. The van der Waals surface area contributed by atoms with Crippen LogP contribution in [0, 0.1) is 24.7 Å². The largest absolute Gasteiger partial charge is 0.332 e. The summed E-state index contributed by atoms with van der Waals surface area (Å²) in [4.78, 5) is 27.2. The Bertz CT molecular complexity index is 725. The van der Waals surface area contributed by atoms with E-state index in [2.05, 4.69) is 29.7 Å². The van der Waals surface area contributed by atoms with Gasteiger partial charge in [-0.05, 0) is 88.3 Å². The molecule has 4 aliphatic rings. The second kappa shape index (κ2) is 7.51. The predicted molar refractivity (Wildman–Crippen MR) is 110 cm³/mol. The van der Waals surface area contributed by atoms with E-state index in [1.165, 1.54) is 30.4 Å². The number of hydrogen-bond acceptors (Lipinski definition) is 3. The molecular weight excluding hydrogens is 350 g/mol. The highest BCUT2D eigenvalue weighted by Gasteiger charge is 2.51. The zero-order valence-electron chi connectivity index (χ0n) is 17.3. The molecule has 1 atom stereocenters. The lowest BCUT2D eigenvalue weighted by atomic mass is 9.53. The number of carbonyl (C=O) groups excluding carboxylic acids is 2. The molecule has 0 saturated heterocycles. The van der Waals surface area contributed by atoms with Crippen molar-refractivity contribution >= 4 is 11.9 Å². The first kappa shape index (κ1) is 19.4. The third-order valence-electron chi connectivity index (χ3n) is 7.38. The van der Waals surface area contributed by atoms with Gasteiger partial charge in [-0.2, -0.15) is 0 Å². The summed E-state index contributed by atoms with van der Waals surface area (Å²) in [5.41, 5.74) is 2.33. The van der Waals surface area contributed by atoms with Crippen molar-refractivity contribution in [1.29, 1.82) is 0 Å². The molecule has 152 valence electrons. The molecule has 0 spiro atoms. The van der Waals surface area contributed by atoms with Crippen LogP contribution < -0.4 is 10.6 Å². The fraction of sp³-hybridized carbons (Fsp3) is 0.652. The zero-order chi connectivity index (χ0) is 19.9. The Kier molecular flexibility index (Phi) is 5.21. The number of carbonyl (C=O) groups is 2. The lowest BCUT2D eigenvalue weighted by Gasteiger charge is -2.56. The van der Waals surface area contributed by atoms with E-state index < -0.39 is 0 Å². The van der Waals surface area contributed by atoms with E-state index in [9.17, 15) is 9.59 Å². The van der Waals surface area contributed by atoms with Crippen LogP contribution in [0.15, 0.2) is 24.3 Å². The smallest absolute Gasteiger partial charge is 0.321 e. The number of likely N-dealkylation sites (N-methyl/N-ethyl adjacent to an activating group) is 1. The lowest BCUT2D eigenvalue weighted by molar-refractivity contribution is -0.124. The van der Waals surface area contributed by atoms with Crippen molar-refractivity contribution in [3.8, 4) is 0 Å². The number of amides is 3. The maximum Gasteiger partial charge on any atom is 0.321 e. The van der Waals surface area contributed by atoms with Gasteiger partial charge in [-0.25, -0.2) is 4.79 Å². The molecule has 28 heavy (non-hydrogen) atoms. The minimum Gasteiger partial charge on any atom is -0.332 e. The average molecular weight is 384 g/mol. The van der Waals surface area contributed by atoms with Gasteiger partial charge < -0.3 is 5.32 Å². The molecule has 0 heterocycles. The van der Waals surface area contributed by atoms with Crippen LogP contribution >= 0.6 is 0 Å². The van der Waals surface area contributed by atoms with Crippen molar-refractivity contribution in [3.05, 3.63) is 35.4 Å². The molecule has 1 aromatic rings. The van der Waals surface area contributed by atoms with Gasteiger partial charge in [-0.1, -0.05) is 24.3 Å². The SMILES string of the molecule is Cc1ccccc1CN(C)C(C)C(=O)NC(=O)NC12CC3CC(CC(C3)C1)C2. The molecule has 1 aromatic carbocycles. The van der Waals surface area contributed by atoms with E-state index in [1.54, 1.807) is 0 Å². The Morgan fingerprint density at radius 1 is 1.11 bits per heavy atom. The highest BCUT2D eigenvalue weighted by atomic mass is 16.2. The Morgan fingerprint density at radius 2 is 1.68 bits per heavy atom. The first-order valence-electron chi connectivity index (χ1n) is 10.7. The summed E-state index contributed by atoms with van der Waals surface area (Å²) in [5.74, 6) is 2.06. The number of aryl methyl sites for hydroxylation is 1. The van der Waals surface area contributed by atoms with Crippen LogP contribution in [0.2, 0.25) is 0 Å². The molecule has 3 amide bonds. The molecule has 0 aliphatic heterocycles. The van der Waals surface area contributed by atoms with Gasteiger partial charge >= 0.3 is 6.03 Å². The molecule has 4 aliphatic carbocycles. The number of urea groups is 1. The number of nitrogens with zero attached hydrogens (tertiary/aromatic N) is 1. The van der Waals surface area contributed by atoms with Crippen molar-refractivity contribution in [1.82, 2.24) is 15.5 Å². The van der Waals surface area contributed by atoms with Gasteiger partial charge in [0.15, 0.2) is 0 Å². The van der Waals surface area contributed by atoms with E-state index in [0.29, 0.717) is 6.54 Å². The lowest BCUT2D eigenvalue weighted by Crippen LogP contribution is -2.62. The van der Waals surface area contributed by atoms with E-state index in [4.69, 9.17) is 0 Å². The van der Waals surface area contributed by atoms with Crippen molar-refractivity contribution in [2.75, 3.05) is 7.05 Å². The molecule has 4 saturated carbocycles. The van der Waals surface area contributed by atoms with E-state index in [1.807, 2.05) is 31.0 Å². The maximum atomic E-state index is 12.6.